The Balaban J connectivity index is 2.16. The molecular weight excluding hydrogens is 218 g/mol. The van der Waals surface area contributed by atoms with E-state index < -0.39 is 0 Å². The van der Waals surface area contributed by atoms with E-state index in [1.165, 1.54) is 6.42 Å². The molecule has 0 aromatic heterocycles. The van der Waals surface area contributed by atoms with Crippen molar-refractivity contribution in [2.45, 2.75) is 37.8 Å². The molecule has 96 valence electrons. The van der Waals surface area contributed by atoms with Crippen molar-refractivity contribution >= 4 is 0 Å². The second-order valence-electron chi connectivity index (χ2n) is 6.60. The standard InChI is InChI=1S/C17H24N/c1-5-8-15-17-12(2)11-16(18(15,3)4)13-9-6-7-10-14(13)17/h5-7,9-10,12,15-17H,1,8,11H2,2-4H3/q+1/t12?,15-,16-,17+/m0/s1. The molecular formula is C17H24N+. The Morgan fingerprint density at radius 3 is 2.61 bits per heavy atom. The molecule has 0 saturated carbocycles. The lowest BCUT2D eigenvalue weighted by atomic mass is 9.63. The third kappa shape index (κ3) is 1.43. The van der Waals surface area contributed by atoms with E-state index in [1.54, 1.807) is 11.1 Å². The molecule has 0 radical (unpaired) electrons. The average Bonchev–Trinajstić information content (AvgIpc) is 2.34. The van der Waals surface area contributed by atoms with Gasteiger partial charge in [-0.25, -0.2) is 0 Å². The molecule has 1 nitrogen and oxygen atoms in total. The maximum absolute atomic E-state index is 3.97. The van der Waals surface area contributed by atoms with Gasteiger partial charge in [0.1, 0.15) is 6.04 Å². The van der Waals surface area contributed by atoms with Crippen LogP contribution in [-0.2, 0) is 0 Å². The van der Waals surface area contributed by atoms with Gasteiger partial charge in [0.25, 0.3) is 0 Å². The second kappa shape index (κ2) is 3.96. The third-order valence-electron chi connectivity index (χ3n) is 5.40. The Kier molecular flexibility index (Phi) is 2.63. The Hall–Kier alpha value is -1.08. The Morgan fingerprint density at radius 1 is 1.28 bits per heavy atom. The number of fused-ring (bicyclic) bond motifs is 2. The van der Waals surface area contributed by atoms with Gasteiger partial charge in [0.15, 0.2) is 0 Å². The van der Waals surface area contributed by atoms with Crippen LogP contribution in [0.15, 0.2) is 36.9 Å². The van der Waals surface area contributed by atoms with Crippen molar-refractivity contribution in [3.63, 3.8) is 0 Å². The third-order valence-corrected chi connectivity index (χ3v) is 5.40. The summed E-state index contributed by atoms with van der Waals surface area (Å²) in [5.41, 5.74) is 3.22. The Morgan fingerprint density at radius 2 is 1.94 bits per heavy atom. The second-order valence-corrected chi connectivity index (χ2v) is 6.60. The van der Waals surface area contributed by atoms with E-state index in [2.05, 4.69) is 57.9 Å². The van der Waals surface area contributed by atoms with Gasteiger partial charge in [-0.3, -0.25) is 0 Å². The van der Waals surface area contributed by atoms with Crippen molar-refractivity contribution < 1.29 is 4.48 Å². The van der Waals surface area contributed by atoms with E-state index in [1.807, 2.05) is 0 Å². The number of likely N-dealkylation sites (N-methyl/N-ethyl adjacent to an activating group) is 1. The molecule has 2 bridgehead atoms. The quantitative estimate of drug-likeness (QED) is 0.545. The lowest BCUT2D eigenvalue weighted by molar-refractivity contribution is -0.955. The van der Waals surface area contributed by atoms with Crippen molar-refractivity contribution in [3.05, 3.63) is 48.0 Å². The topological polar surface area (TPSA) is 0 Å². The van der Waals surface area contributed by atoms with Crippen LogP contribution in [0, 0.1) is 5.92 Å². The molecule has 0 spiro atoms. The summed E-state index contributed by atoms with van der Waals surface area (Å²) < 4.78 is 1.14. The van der Waals surface area contributed by atoms with Crippen molar-refractivity contribution in [1.82, 2.24) is 0 Å². The maximum atomic E-state index is 3.97. The molecule has 1 aromatic carbocycles. The lowest BCUT2D eigenvalue weighted by Gasteiger charge is -2.58. The van der Waals surface area contributed by atoms with Crippen LogP contribution in [0.25, 0.3) is 0 Å². The van der Waals surface area contributed by atoms with Gasteiger partial charge in [-0.05, 0) is 11.5 Å². The zero-order valence-corrected chi connectivity index (χ0v) is 11.8. The molecule has 1 unspecified atom stereocenters. The monoisotopic (exact) mass is 242 g/mol. The molecule has 1 saturated heterocycles. The van der Waals surface area contributed by atoms with Gasteiger partial charge in [-0.15, -0.1) is 6.58 Å². The fourth-order valence-corrected chi connectivity index (χ4v) is 4.50. The highest BCUT2D eigenvalue weighted by Gasteiger charge is 2.54. The molecule has 1 aromatic rings. The number of quaternary nitrogens is 1. The number of rotatable bonds is 2. The van der Waals surface area contributed by atoms with Crippen LogP contribution in [0.4, 0.5) is 0 Å². The molecule has 0 amide bonds. The SMILES string of the molecule is C=CC[C@H]1[C@H]2c3ccccc3[C@H](CC2C)[N+]1(C)C. The minimum atomic E-state index is 0.672. The largest absolute Gasteiger partial charge is 0.319 e. The van der Waals surface area contributed by atoms with E-state index in [-0.39, 0.29) is 0 Å². The van der Waals surface area contributed by atoms with Crippen LogP contribution < -0.4 is 0 Å². The molecule has 18 heavy (non-hydrogen) atoms. The first-order valence-electron chi connectivity index (χ1n) is 7.10. The normalized spacial score (nSPS) is 36.2. The van der Waals surface area contributed by atoms with E-state index in [0.29, 0.717) is 18.0 Å². The highest BCUT2D eigenvalue weighted by Crippen LogP contribution is 2.56. The molecule has 1 heteroatoms. The molecule has 0 N–H and O–H groups in total. The first-order chi connectivity index (χ1) is 8.57. The smallest absolute Gasteiger partial charge is 0.115 e. The molecule has 3 aliphatic rings. The van der Waals surface area contributed by atoms with Crippen molar-refractivity contribution in [3.8, 4) is 0 Å². The number of hydrogen-bond acceptors (Lipinski definition) is 0. The average molecular weight is 242 g/mol. The summed E-state index contributed by atoms with van der Waals surface area (Å²) in [7, 11) is 4.82. The molecule has 2 heterocycles. The summed E-state index contributed by atoms with van der Waals surface area (Å²) in [4.78, 5) is 0. The van der Waals surface area contributed by atoms with Crippen LogP contribution in [0.1, 0.15) is 42.9 Å². The van der Waals surface area contributed by atoms with Gasteiger partial charge in [-0.1, -0.05) is 37.3 Å². The summed E-state index contributed by atoms with van der Waals surface area (Å²) in [6.45, 7) is 6.41. The van der Waals surface area contributed by atoms with Crippen molar-refractivity contribution in [1.29, 1.82) is 0 Å². The van der Waals surface area contributed by atoms with E-state index >= 15 is 0 Å². The van der Waals surface area contributed by atoms with Crippen molar-refractivity contribution in [2.24, 2.45) is 5.92 Å². The van der Waals surface area contributed by atoms with Crippen molar-refractivity contribution in [2.75, 3.05) is 14.1 Å². The number of benzene rings is 1. The number of nitrogens with zero attached hydrogens (tertiary/aromatic N) is 1. The zero-order valence-electron chi connectivity index (χ0n) is 11.8. The lowest BCUT2D eigenvalue weighted by Crippen LogP contribution is -2.61. The van der Waals surface area contributed by atoms with Gasteiger partial charge in [0.2, 0.25) is 0 Å². The summed E-state index contributed by atoms with van der Waals surface area (Å²) in [5.74, 6) is 1.51. The molecule has 4 rings (SSSR count). The Labute approximate surface area is 111 Å². The zero-order chi connectivity index (χ0) is 12.9. The first-order valence-corrected chi connectivity index (χ1v) is 7.10. The van der Waals surface area contributed by atoms with Crippen LogP contribution in [0.3, 0.4) is 0 Å². The van der Waals surface area contributed by atoms with Gasteiger partial charge in [0.05, 0.1) is 20.1 Å². The van der Waals surface area contributed by atoms with E-state index in [9.17, 15) is 0 Å². The van der Waals surface area contributed by atoms with Crippen LogP contribution in [0.5, 0.6) is 0 Å². The number of piperidine rings is 1. The predicted molar refractivity (Wildman–Crippen MR) is 76.4 cm³/mol. The highest BCUT2D eigenvalue weighted by atomic mass is 15.4. The summed E-state index contributed by atoms with van der Waals surface area (Å²) in [6.07, 6.45) is 4.58. The summed E-state index contributed by atoms with van der Waals surface area (Å²) in [5, 5.41) is 0. The van der Waals surface area contributed by atoms with Gasteiger partial charge in [0, 0.05) is 24.3 Å². The van der Waals surface area contributed by atoms with Gasteiger partial charge < -0.3 is 4.48 Å². The molecule has 1 fully saturated rings. The molecule has 2 aliphatic heterocycles. The maximum Gasteiger partial charge on any atom is 0.115 e. The Bertz CT molecular complexity index is 474. The minimum Gasteiger partial charge on any atom is -0.319 e. The minimum absolute atomic E-state index is 0.672. The van der Waals surface area contributed by atoms with Gasteiger partial charge >= 0.3 is 0 Å². The fourth-order valence-electron chi connectivity index (χ4n) is 4.50. The predicted octanol–water partition coefficient (Wildman–Crippen LogP) is 3.89. The first kappa shape index (κ1) is 12.0. The summed E-state index contributed by atoms with van der Waals surface area (Å²) in [6, 6.07) is 10.5. The van der Waals surface area contributed by atoms with E-state index in [0.717, 1.165) is 16.8 Å². The van der Waals surface area contributed by atoms with Crippen LogP contribution in [-0.4, -0.2) is 24.6 Å². The summed E-state index contributed by atoms with van der Waals surface area (Å²) >= 11 is 0. The van der Waals surface area contributed by atoms with Crippen LogP contribution >= 0.6 is 0 Å². The van der Waals surface area contributed by atoms with E-state index in [4.69, 9.17) is 0 Å². The molecule has 1 aliphatic carbocycles. The highest BCUT2D eigenvalue weighted by molar-refractivity contribution is 5.38. The molecule has 4 atom stereocenters. The van der Waals surface area contributed by atoms with Gasteiger partial charge in [-0.2, -0.15) is 0 Å². The fraction of sp³-hybridized carbons (Fsp3) is 0.529. The number of hydrogen-bond donors (Lipinski definition) is 0. The van der Waals surface area contributed by atoms with Crippen LogP contribution in [0.2, 0.25) is 0 Å².